The third kappa shape index (κ3) is 6.83. The van der Waals surface area contributed by atoms with E-state index in [0.29, 0.717) is 11.2 Å². The Balaban J connectivity index is 0.00000221. The van der Waals surface area contributed by atoms with Gasteiger partial charge in [-0.2, -0.15) is 0 Å². The maximum absolute atomic E-state index is 13.4. The van der Waals surface area contributed by atoms with E-state index >= 15 is 0 Å². The zero-order chi connectivity index (χ0) is 29.8. The minimum atomic E-state index is -4.27. The molecule has 0 radical (unpaired) electrons. The second kappa shape index (κ2) is 13.3. The summed E-state index contributed by atoms with van der Waals surface area (Å²) >= 11 is 10.3. The molecule has 20 nitrogen and oxygen atoms in total. The minimum Gasteiger partial charge on any atom is -0.780 e. The molecule has 244 valence electrons. The number of quaternary nitrogens is 2. The van der Waals surface area contributed by atoms with Crippen LogP contribution >= 0.6 is 13.5 Å². The largest absolute Gasteiger partial charge is 0.780 e. The van der Waals surface area contributed by atoms with Crippen molar-refractivity contribution in [2.75, 3.05) is 26.1 Å². The number of nitrogens with one attached hydrogen (secondary N) is 1. The molecule has 2 unspecified atom stereocenters. The molecule has 6 heterocycles. The summed E-state index contributed by atoms with van der Waals surface area (Å²) in [5, 5.41) is 0. The van der Waals surface area contributed by atoms with Gasteiger partial charge in [-0.15, -0.1) is 0 Å². The van der Waals surface area contributed by atoms with Crippen LogP contribution in [0, 0.1) is 0 Å². The van der Waals surface area contributed by atoms with Crippen molar-refractivity contribution in [1.29, 1.82) is 0 Å². The Morgan fingerprint density at radius 3 is 2.61 bits per heavy atom. The van der Waals surface area contributed by atoms with Crippen LogP contribution in [0.2, 0.25) is 0 Å². The number of aromatic nitrogens is 6. The lowest BCUT2D eigenvalue weighted by atomic mass is 10.1. The van der Waals surface area contributed by atoms with Crippen LogP contribution in [0.4, 0.5) is 5.82 Å². The lowest BCUT2D eigenvalue weighted by molar-refractivity contribution is -0.217. The SMILES string of the molecule is CO[C@@H]1[C@@H]2OP([O-])(=S)OC[C@@H]3C[C@@H](OP(=O)([S-])OC[C@H]2O[C@H]1n1cnc2c(N)ncnc21)[C@H](n1ccc(=O)[nH]c1=O)O3.[NH4+].[NH4+]. The number of nitrogens with zero attached hydrogens (tertiary/aromatic N) is 5. The number of methoxy groups -OCH3 is 1. The van der Waals surface area contributed by atoms with E-state index in [1.54, 1.807) is 0 Å². The second-order valence-electron chi connectivity index (χ2n) is 9.45. The van der Waals surface area contributed by atoms with Gasteiger partial charge in [0.15, 0.2) is 30.7 Å². The fourth-order valence-corrected chi connectivity index (χ4v) is 7.88. The number of hydrogen-bond donors (Lipinski definition) is 4. The van der Waals surface area contributed by atoms with Gasteiger partial charge in [-0.1, -0.05) is 11.8 Å². The highest BCUT2D eigenvalue weighted by Crippen LogP contribution is 2.53. The topological polar surface area (TPSA) is 302 Å². The first-order valence-corrected chi connectivity index (χ1v) is 17.4. The molecule has 24 heteroatoms. The summed E-state index contributed by atoms with van der Waals surface area (Å²) in [6, 6.07) is 1.10. The van der Waals surface area contributed by atoms with Crippen molar-refractivity contribution in [3.63, 3.8) is 0 Å². The molecule has 2 bridgehead atoms. The van der Waals surface area contributed by atoms with Crippen molar-refractivity contribution in [3.05, 3.63) is 45.8 Å². The number of fused-ring (bicyclic) bond motifs is 4. The van der Waals surface area contributed by atoms with Gasteiger partial charge in [0.05, 0.1) is 25.6 Å². The molecule has 0 spiro atoms. The van der Waals surface area contributed by atoms with Gasteiger partial charge >= 0.3 is 5.69 Å². The van der Waals surface area contributed by atoms with E-state index in [9.17, 15) is 19.0 Å². The van der Waals surface area contributed by atoms with E-state index in [1.165, 1.54) is 30.5 Å². The van der Waals surface area contributed by atoms with Crippen LogP contribution in [0.5, 0.6) is 0 Å². The molecule has 3 aliphatic heterocycles. The molecule has 0 saturated carbocycles. The zero-order valence-corrected chi connectivity index (χ0v) is 26.9. The van der Waals surface area contributed by atoms with Crippen molar-refractivity contribution in [3.8, 4) is 0 Å². The molecule has 0 aromatic carbocycles. The van der Waals surface area contributed by atoms with Crippen molar-refractivity contribution < 1.29 is 41.8 Å². The molecular formula is C20H31N9O11P2S2. The Kier molecular flexibility index (Phi) is 10.5. The quantitative estimate of drug-likeness (QED) is 0.206. The van der Waals surface area contributed by atoms with Crippen molar-refractivity contribution >= 4 is 54.6 Å². The highest BCUT2D eigenvalue weighted by atomic mass is 32.7. The molecule has 44 heavy (non-hydrogen) atoms. The summed E-state index contributed by atoms with van der Waals surface area (Å²) in [6.07, 6.45) is -3.47. The van der Waals surface area contributed by atoms with E-state index < -0.39 is 74.3 Å². The van der Waals surface area contributed by atoms with Crippen molar-refractivity contribution in [2.45, 2.75) is 49.4 Å². The lowest BCUT2D eigenvalue weighted by Gasteiger charge is -2.35. The van der Waals surface area contributed by atoms with Gasteiger partial charge in [0.2, 0.25) is 0 Å². The number of nitrogen functional groups attached to an aromatic ring is 1. The van der Waals surface area contributed by atoms with Gasteiger partial charge in [0.25, 0.3) is 5.56 Å². The highest BCUT2D eigenvalue weighted by Gasteiger charge is 2.49. The molecule has 3 saturated heterocycles. The van der Waals surface area contributed by atoms with Crippen LogP contribution in [-0.4, -0.2) is 79.9 Å². The summed E-state index contributed by atoms with van der Waals surface area (Å²) < 4.78 is 56.0. The number of anilines is 1. The number of imidazole rings is 1. The first-order valence-electron chi connectivity index (χ1n) is 12.3. The molecule has 0 aliphatic carbocycles. The second-order valence-corrected chi connectivity index (χ2v) is 14.9. The molecule has 3 aromatic heterocycles. The average Bonchev–Trinajstić information content (AvgIpc) is 3.61. The van der Waals surface area contributed by atoms with Crippen LogP contribution in [-0.2, 0) is 60.9 Å². The van der Waals surface area contributed by atoms with E-state index in [2.05, 4.69) is 19.9 Å². The molecule has 6 rings (SSSR count). The fraction of sp³-hybridized carbons (Fsp3) is 0.550. The number of rotatable bonds is 3. The van der Waals surface area contributed by atoms with E-state index in [4.69, 9.17) is 62.1 Å². The number of ether oxygens (including phenoxy) is 3. The van der Waals surface area contributed by atoms with Gasteiger partial charge < -0.3 is 67.5 Å². The van der Waals surface area contributed by atoms with Crippen molar-refractivity contribution in [2.24, 2.45) is 0 Å². The minimum absolute atomic E-state index is 0. The number of nitrogens with two attached hydrogens (primary N) is 1. The van der Waals surface area contributed by atoms with Crippen LogP contribution in [0.1, 0.15) is 18.9 Å². The molecule has 3 aliphatic rings. The molecule has 0 amide bonds. The summed E-state index contributed by atoms with van der Waals surface area (Å²) in [4.78, 5) is 51.8. The van der Waals surface area contributed by atoms with Crippen molar-refractivity contribution in [1.82, 2.24) is 41.4 Å². The smallest absolute Gasteiger partial charge is 0.330 e. The van der Waals surface area contributed by atoms with Crippen LogP contribution in [0.3, 0.4) is 0 Å². The normalized spacial score (nSPS) is 35.8. The van der Waals surface area contributed by atoms with Crippen LogP contribution in [0.15, 0.2) is 34.5 Å². The molecule has 11 N–H and O–H groups in total. The maximum Gasteiger partial charge on any atom is 0.330 e. The Morgan fingerprint density at radius 1 is 1.11 bits per heavy atom. The van der Waals surface area contributed by atoms with E-state index in [0.717, 1.165) is 10.6 Å². The molecule has 3 fully saturated rings. The first-order chi connectivity index (χ1) is 19.9. The van der Waals surface area contributed by atoms with E-state index in [-0.39, 0.29) is 31.1 Å². The molecular weight excluding hydrogens is 668 g/mol. The number of H-pyrrole nitrogens is 1. The Labute approximate surface area is 258 Å². The highest BCUT2D eigenvalue weighted by molar-refractivity contribution is 8.32. The summed E-state index contributed by atoms with van der Waals surface area (Å²) in [7, 11) is 1.37. The third-order valence-electron chi connectivity index (χ3n) is 6.82. The fourth-order valence-electron chi connectivity index (χ4n) is 5.01. The first kappa shape index (κ1) is 34.7. The Bertz CT molecular complexity index is 1710. The zero-order valence-electron chi connectivity index (χ0n) is 23.5. The Morgan fingerprint density at radius 2 is 1.89 bits per heavy atom. The summed E-state index contributed by atoms with van der Waals surface area (Å²) in [5.74, 6) is 0.139. The Hall–Kier alpha value is -2.14. The standard InChI is InChI=1S/C20H25N7O11P2S2.2H3N/c1-32-15-14-11(36-19(15)27-8-24-13-16(21)22-7-23-17(13)27)6-34-39(30,41)37-10-4-9(5-33-40(31,42)38-14)35-18(10)26-3-2-12(28)25-20(26)29;;/h2-3,7-11,14-15,18-19H,4-6H2,1H3,(H,30,41)(H,31,42)(H2,21,22,23)(H,25,28,29);2*1H3/t9-,10+,11+,14+,15+,18+,19+,39?,40?;;/m0../s1. The molecule has 3 aromatic rings. The third-order valence-corrected chi connectivity index (χ3v) is 9.93. The predicted molar refractivity (Wildman–Crippen MR) is 157 cm³/mol. The maximum atomic E-state index is 13.4. The van der Waals surface area contributed by atoms with Crippen LogP contribution in [0.25, 0.3) is 11.2 Å². The van der Waals surface area contributed by atoms with Gasteiger partial charge in [-0.3, -0.25) is 23.5 Å². The summed E-state index contributed by atoms with van der Waals surface area (Å²) in [5.41, 5.74) is 5.10. The van der Waals surface area contributed by atoms with Crippen LogP contribution < -0.4 is 34.2 Å². The van der Waals surface area contributed by atoms with Gasteiger partial charge in [-0.25, -0.2) is 19.7 Å². The van der Waals surface area contributed by atoms with Gasteiger partial charge in [0.1, 0.15) is 43.0 Å². The number of aromatic amines is 1. The monoisotopic (exact) mass is 699 g/mol. The number of hydrogen-bond acceptors (Lipinski definition) is 17. The van der Waals surface area contributed by atoms with Gasteiger partial charge in [0, 0.05) is 25.8 Å². The van der Waals surface area contributed by atoms with E-state index in [1.807, 2.05) is 0 Å². The average molecular weight is 700 g/mol. The molecule has 9 atom stereocenters. The van der Waals surface area contributed by atoms with Gasteiger partial charge in [-0.05, 0) is 0 Å². The summed E-state index contributed by atoms with van der Waals surface area (Å²) in [6.45, 7) is -9.33. The predicted octanol–water partition coefficient (Wildman–Crippen LogP) is -0.0320. The lowest BCUT2D eigenvalue weighted by Crippen LogP contribution is -2.38.